The van der Waals surface area contributed by atoms with Gasteiger partial charge >= 0.3 is 41.8 Å². The first-order valence-electron chi connectivity index (χ1n) is 25.0. The molecule has 2 fully saturated rings. The van der Waals surface area contributed by atoms with E-state index < -0.39 is 116 Å². The first kappa shape index (κ1) is 54.6. The van der Waals surface area contributed by atoms with Gasteiger partial charge in [-0.25, -0.2) is 33.6 Å². The number of rotatable bonds is 18. The largest absolute Gasteiger partial charge is 0.459 e. The molecule has 17 nitrogen and oxygen atoms in total. The lowest BCUT2D eigenvalue weighted by Gasteiger charge is -2.49. The lowest BCUT2D eigenvalue weighted by atomic mass is 9.84. The van der Waals surface area contributed by atoms with Crippen LogP contribution in [-0.4, -0.2) is 124 Å². The van der Waals surface area contributed by atoms with Crippen LogP contribution in [0.4, 0.5) is 0 Å². The number of hydrogen-bond donors (Lipinski definition) is 0. The molecule has 7 aromatic carbocycles. The summed E-state index contributed by atoms with van der Waals surface area (Å²) in [6.07, 6.45) is -16.2. The molecule has 0 saturated carbocycles. The summed E-state index contributed by atoms with van der Waals surface area (Å²) in [5.74, 6) is -6.48. The number of ether oxygens (including phenoxy) is 10. The molecule has 2 radical (unpaired) electrons. The van der Waals surface area contributed by atoms with Crippen LogP contribution in [0.1, 0.15) is 72.5 Å². The van der Waals surface area contributed by atoms with Crippen molar-refractivity contribution in [3.05, 3.63) is 251 Å². The quantitative estimate of drug-likeness (QED) is 0.0455. The van der Waals surface area contributed by atoms with Crippen LogP contribution in [0.2, 0.25) is 0 Å². The van der Waals surface area contributed by atoms with Crippen LogP contribution in [0.15, 0.2) is 212 Å². The molecule has 2 saturated heterocycles. The first-order valence-corrected chi connectivity index (χ1v) is 25.0. The summed E-state index contributed by atoms with van der Waals surface area (Å²) in [5, 5.41) is 0. The summed E-state index contributed by atoms with van der Waals surface area (Å²) in [4.78, 5) is 98.8. The third kappa shape index (κ3) is 13.9. The van der Waals surface area contributed by atoms with Crippen LogP contribution >= 0.6 is 0 Å². The van der Waals surface area contributed by atoms with Gasteiger partial charge in [0.05, 0.1) is 44.9 Å². The average molecular weight is 1060 g/mol. The van der Waals surface area contributed by atoms with Gasteiger partial charge in [-0.05, 0) is 84.9 Å². The molecule has 398 valence electrons. The highest BCUT2D eigenvalue weighted by molar-refractivity contribution is 6.11. The molecule has 0 spiro atoms. The Morgan fingerprint density at radius 3 is 0.886 bits per heavy atom. The average Bonchev–Trinajstić information content (AvgIpc) is 3.61. The lowest BCUT2D eigenvalue weighted by molar-refractivity contribution is -0.335. The maximum atomic E-state index is 14.5. The number of benzene rings is 7. The molecule has 0 N–H and O–H groups in total. The molecule has 9 rings (SSSR count). The zero-order valence-electron chi connectivity index (χ0n) is 41.9. The second kappa shape index (κ2) is 26.2. The minimum Gasteiger partial charge on any atom is -0.459 e. The third-order valence-electron chi connectivity index (χ3n) is 12.6. The molecule has 18 heteroatoms. The van der Waals surface area contributed by atoms with Crippen molar-refractivity contribution in [3.8, 4) is 0 Å². The van der Waals surface area contributed by atoms with E-state index in [0.717, 1.165) is 0 Å². The van der Waals surface area contributed by atoms with Crippen molar-refractivity contribution < 1.29 is 80.9 Å². The van der Waals surface area contributed by atoms with Gasteiger partial charge in [-0.1, -0.05) is 127 Å². The summed E-state index contributed by atoms with van der Waals surface area (Å²) in [5.41, 5.74) is 0.480. The van der Waals surface area contributed by atoms with Gasteiger partial charge in [0, 0.05) is 0 Å². The summed E-state index contributed by atoms with van der Waals surface area (Å²) < 4.78 is 62.6. The normalized spacial score (nSPS) is 22.4. The molecule has 2 aliphatic heterocycles. The highest BCUT2D eigenvalue weighted by Crippen LogP contribution is 2.36. The number of esters is 7. The van der Waals surface area contributed by atoms with Gasteiger partial charge < -0.3 is 47.4 Å². The van der Waals surface area contributed by atoms with Gasteiger partial charge in [0.1, 0.15) is 39.4 Å². The van der Waals surface area contributed by atoms with E-state index in [2.05, 4.69) is 0 Å². The fraction of sp³-hybridized carbons (Fsp3) is 0.197. The van der Waals surface area contributed by atoms with E-state index in [9.17, 15) is 33.6 Å². The summed E-state index contributed by atoms with van der Waals surface area (Å²) in [6, 6.07) is 53.1. The van der Waals surface area contributed by atoms with Gasteiger partial charge in [-0.15, -0.1) is 0 Å². The minimum absolute atomic E-state index is 0.00589. The Balaban J connectivity index is 1.18. The van der Waals surface area contributed by atoms with E-state index in [1.165, 1.54) is 84.9 Å². The zero-order valence-corrected chi connectivity index (χ0v) is 41.9. The Labute approximate surface area is 454 Å². The van der Waals surface area contributed by atoms with E-state index in [1.54, 1.807) is 127 Å². The first-order chi connectivity index (χ1) is 38.5. The predicted octanol–water partition coefficient (Wildman–Crippen LogP) is 7.83. The van der Waals surface area contributed by atoms with Crippen LogP contribution in [0.25, 0.3) is 0 Å². The fourth-order valence-corrected chi connectivity index (χ4v) is 8.65. The van der Waals surface area contributed by atoms with Gasteiger partial charge in [0.25, 0.3) is 0 Å². The van der Waals surface area contributed by atoms with Crippen LogP contribution in [0, 0.1) is 0 Å². The Morgan fingerprint density at radius 2 is 0.557 bits per heavy atom. The van der Waals surface area contributed by atoms with Crippen LogP contribution < -0.4 is 0 Å². The summed E-state index contributed by atoms with van der Waals surface area (Å²) in [6.45, 7) is -1.40. The molecule has 0 bridgehead atoms. The maximum absolute atomic E-state index is 14.5. The molecule has 79 heavy (non-hydrogen) atoms. The number of carbonyl (C=O) groups is 7. The summed E-state index contributed by atoms with van der Waals surface area (Å²) in [7, 11) is 6.71. The van der Waals surface area contributed by atoms with Crippen molar-refractivity contribution in [3.63, 3.8) is 0 Å². The molecule has 0 aliphatic carbocycles. The maximum Gasteiger partial charge on any atom is 0.338 e. The van der Waals surface area contributed by atoms with E-state index in [0.29, 0.717) is 0 Å². The van der Waals surface area contributed by atoms with Crippen molar-refractivity contribution in [2.45, 2.75) is 61.1 Å². The van der Waals surface area contributed by atoms with E-state index in [4.69, 9.17) is 55.2 Å². The smallest absolute Gasteiger partial charge is 0.338 e. The SMILES string of the molecule is [B]C1OC(COC(=O)c2ccccc2)C(OC2OC(COC(=O)c3ccccc3)C(OC(=O)c3ccccc3)C(OC(=O)c3ccccc3)C2OC(=O)c2ccccc2)C(OC(=O)c2ccccc2)C1OC(=O)c1ccccc1. The Kier molecular flexibility index (Phi) is 18.1. The highest BCUT2D eigenvalue weighted by Gasteiger charge is 2.57. The second-order valence-electron chi connectivity index (χ2n) is 17.9. The second-order valence-corrected chi connectivity index (χ2v) is 17.9. The van der Waals surface area contributed by atoms with Gasteiger partial charge in [0.15, 0.2) is 36.8 Å². The monoisotopic (exact) mass is 1060 g/mol. The van der Waals surface area contributed by atoms with Gasteiger partial charge in [-0.2, -0.15) is 0 Å². The summed E-state index contributed by atoms with van der Waals surface area (Å²) >= 11 is 0. The Morgan fingerprint density at radius 1 is 0.304 bits per heavy atom. The molecule has 2 aliphatic rings. The number of carbonyl (C=O) groups excluding carboxylic acids is 7. The van der Waals surface area contributed by atoms with Crippen LogP contribution in [0.5, 0.6) is 0 Å². The predicted molar refractivity (Wildman–Crippen MR) is 280 cm³/mol. The molecule has 0 amide bonds. The Bertz CT molecular complexity index is 3170. The molecule has 10 unspecified atom stereocenters. The van der Waals surface area contributed by atoms with Crippen molar-refractivity contribution in [2.24, 2.45) is 0 Å². The van der Waals surface area contributed by atoms with E-state index in [1.807, 2.05) is 0 Å². The minimum atomic E-state index is -2.04. The highest BCUT2D eigenvalue weighted by atomic mass is 16.8. The fourth-order valence-electron chi connectivity index (χ4n) is 8.65. The number of hydrogen-bond acceptors (Lipinski definition) is 17. The standard InChI is InChI=1S/C61H49BO17/c62-53-51(77-59(68)43-32-18-6-19-33-43)49(75-57(66)41-28-14-4-15-29-41)48(45(72-53)36-70-54(63)38-22-8-1-9-23-38)79-61-52(78-60(69)44-34-20-7-21-35-44)50(76-58(67)42-30-16-5-17-31-42)47(74-56(65)40-26-12-3-13-27-40)46(73-61)37-71-55(64)39-24-10-2-11-25-39/h1-35,45-53,61H,36-37H2. The molecule has 10 atom stereocenters. The lowest BCUT2D eigenvalue weighted by Crippen LogP contribution is -2.67. The Hall–Kier alpha value is -9.23. The molecular formula is C61H49BO17. The topological polar surface area (TPSA) is 212 Å². The molecule has 2 heterocycles. The van der Waals surface area contributed by atoms with Crippen molar-refractivity contribution in [2.75, 3.05) is 13.2 Å². The van der Waals surface area contributed by atoms with Gasteiger partial charge in [0.2, 0.25) is 0 Å². The zero-order chi connectivity index (χ0) is 55.1. The van der Waals surface area contributed by atoms with Crippen molar-refractivity contribution in [1.29, 1.82) is 0 Å². The molecular weight excluding hydrogens is 1020 g/mol. The van der Waals surface area contributed by atoms with Crippen molar-refractivity contribution in [1.82, 2.24) is 0 Å². The van der Waals surface area contributed by atoms with Crippen LogP contribution in [0.3, 0.4) is 0 Å². The van der Waals surface area contributed by atoms with Crippen molar-refractivity contribution >= 4 is 49.6 Å². The van der Waals surface area contributed by atoms with E-state index >= 15 is 0 Å². The molecule has 7 aromatic rings. The molecule has 0 aromatic heterocycles. The van der Waals surface area contributed by atoms with Gasteiger partial charge in [-0.3, -0.25) is 0 Å². The van der Waals surface area contributed by atoms with Crippen LogP contribution in [-0.2, 0) is 47.4 Å². The third-order valence-corrected chi connectivity index (χ3v) is 12.6. The van der Waals surface area contributed by atoms with E-state index in [-0.39, 0.29) is 38.9 Å².